The van der Waals surface area contributed by atoms with E-state index in [1.165, 1.54) is 12.1 Å². The van der Waals surface area contributed by atoms with Crippen molar-refractivity contribution in [3.8, 4) is 0 Å². The third kappa shape index (κ3) is 3.48. The lowest BCUT2D eigenvalue weighted by atomic mass is 10.2. The van der Waals surface area contributed by atoms with E-state index < -0.39 is 15.7 Å². The van der Waals surface area contributed by atoms with E-state index in [-0.39, 0.29) is 17.4 Å². The predicted octanol–water partition coefficient (Wildman–Crippen LogP) is 2.42. The zero-order chi connectivity index (χ0) is 14.8. The molecule has 0 amide bonds. The summed E-state index contributed by atoms with van der Waals surface area (Å²) >= 11 is 0. The van der Waals surface area contributed by atoms with Crippen molar-refractivity contribution in [3.63, 3.8) is 0 Å². The second-order valence-corrected chi connectivity index (χ2v) is 6.89. The van der Waals surface area contributed by atoms with Crippen LogP contribution in [0.2, 0.25) is 0 Å². The number of aryl methyl sites for hydroxylation is 1. The number of hydrogen-bond acceptors (Lipinski definition) is 4. The zero-order valence-electron chi connectivity index (χ0n) is 11.7. The van der Waals surface area contributed by atoms with Gasteiger partial charge in [-0.05, 0) is 44.7 Å². The molecule has 0 saturated heterocycles. The maximum atomic E-state index is 11.9. The number of aliphatic hydroxyl groups is 1. The predicted molar refractivity (Wildman–Crippen MR) is 76.8 cm³/mol. The lowest BCUT2D eigenvalue weighted by molar-refractivity contribution is 0.172. The van der Waals surface area contributed by atoms with E-state index in [4.69, 9.17) is 4.18 Å². The highest BCUT2D eigenvalue weighted by atomic mass is 32.2. The first-order chi connectivity index (χ1) is 9.37. The fourth-order valence-electron chi connectivity index (χ4n) is 2.25. The molecule has 1 saturated carbocycles. The summed E-state index contributed by atoms with van der Waals surface area (Å²) in [6, 6.07) is 6.56. The Morgan fingerprint density at radius 3 is 2.65 bits per heavy atom. The molecule has 4 nitrogen and oxygen atoms in total. The van der Waals surface area contributed by atoms with Gasteiger partial charge in [-0.15, -0.1) is 0 Å². The van der Waals surface area contributed by atoms with Gasteiger partial charge >= 0.3 is 0 Å². The monoisotopic (exact) mass is 296 g/mol. The van der Waals surface area contributed by atoms with Crippen LogP contribution in [0, 0.1) is 12.8 Å². The quantitative estimate of drug-likeness (QED) is 0.647. The first-order valence-electron chi connectivity index (χ1n) is 6.70. The first-order valence-corrected chi connectivity index (χ1v) is 8.10. The Morgan fingerprint density at radius 2 is 2.05 bits per heavy atom. The lowest BCUT2D eigenvalue weighted by Crippen LogP contribution is -2.11. The molecule has 1 aromatic rings. The van der Waals surface area contributed by atoms with Gasteiger partial charge in [0.2, 0.25) is 0 Å². The molecule has 5 heteroatoms. The molecule has 0 radical (unpaired) electrons. The Balaban J connectivity index is 1.87. The minimum atomic E-state index is -3.69. The Kier molecular flexibility index (Phi) is 4.32. The van der Waals surface area contributed by atoms with Crippen molar-refractivity contribution in [3.05, 3.63) is 42.0 Å². The normalized spacial score (nSPS) is 26.1. The largest absolute Gasteiger partial charge is 0.385 e. The van der Waals surface area contributed by atoms with Crippen molar-refractivity contribution in [2.45, 2.75) is 37.2 Å². The van der Waals surface area contributed by atoms with Crippen LogP contribution in [0.5, 0.6) is 0 Å². The van der Waals surface area contributed by atoms with Crippen molar-refractivity contribution in [2.24, 2.45) is 5.92 Å². The van der Waals surface area contributed by atoms with Gasteiger partial charge in [-0.1, -0.05) is 29.8 Å². The Bertz CT molecular complexity index is 589. The maximum absolute atomic E-state index is 11.9. The molecule has 0 unspecified atom stereocenters. The molecule has 1 aromatic carbocycles. The molecular formula is C15H20O4S. The summed E-state index contributed by atoms with van der Waals surface area (Å²) in [7, 11) is -3.69. The van der Waals surface area contributed by atoms with Crippen LogP contribution in [0.3, 0.4) is 0 Å². The third-order valence-corrected chi connectivity index (χ3v) is 4.92. The fraction of sp³-hybridized carbons (Fsp3) is 0.467. The Labute approximate surface area is 120 Å². The van der Waals surface area contributed by atoms with E-state index in [2.05, 4.69) is 0 Å². The van der Waals surface area contributed by atoms with Crippen molar-refractivity contribution >= 4 is 10.1 Å². The van der Waals surface area contributed by atoms with Crippen LogP contribution in [0.15, 0.2) is 41.3 Å². The van der Waals surface area contributed by atoms with Crippen molar-refractivity contribution < 1.29 is 17.7 Å². The topological polar surface area (TPSA) is 63.6 Å². The molecule has 1 aliphatic rings. The standard InChI is InChI=1S/C15H20O4S/c1-3-9-15(16)11-13(15)8-10-19-20(17,18)14-6-4-12(2)5-7-14/h3-7,9,13,16H,8,10-11H2,1-2H3/b9-3+/t13-,15+/m1/s1. The molecule has 2 atom stereocenters. The second kappa shape index (κ2) is 5.68. The van der Waals surface area contributed by atoms with Crippen molar-refractivity contribution in [1.29, 1.82) is 0 Å². The molecular weight excluding hydrogens is 276 g/mol. The smallest absolute Gasteiger partial charge is 0.296 e. The summed E-state index contributed by atoms with van der Waals surface area (Å²) < 4.78 is 28.9. The van der Waals surface area contributed by atoms with E-state index in [1.54, 1.807) is 18.2 Å². The molecule has 20 heavy (non-hydrogen) atoms. The SMILES string of the molecule is C/C=C/[C@]1(O)C[C@H]1CCOS(=O)(=O)c1ccc(C)cc1. The van der Waals surface area contributed by atoms with Crippen LogP contribution in [0.4, 0.5) is 0 Å². The third-order valence-electron chi connectivity index (χ3n) is 3.59. The molecule has 1 aliphatic carbocycles. The molecule has 1 fully saturated rings. The number of allylic oxidation sites excluding steroid dienone is 1. The van der Waals surface area contributed by atoms with Crippen LogP contribution in [-0.4, -0.2) is 25.7 Å². The van der Waals surface area contributed by atoms with Crippen LogP contribution in [-0.2, 0) is 14.3 Å². The molecule has 0 aliphatic heterocycles. The summed E-state index contributed by atoms with van der Waals surface area (Å²) in [6.45, 7) is 3.85. The van der Waals surface area contributed by atoms with Gasteiger partial charge in [-0.25, -0.2) is 0 Å². The minimum absolute atomic E-state index is 0.0897. The summed E-state index contributed by atoms with van der Waals surface area (Å²) in [5.74, 6) is 0.0897. The molecule has 0 spiro atoms. The van der Waals surface area contributed by atoms with Crippen LogP contribution < -0.4 is 0 Å². The molecule has 1 N–H and O–H groups in total. The van der Waals surface area contributed by atoms with Crippen LogP contribution >= 0.6 is 0 Å². The molecule has 2 rings (SSSR count). The van der Waals surface area contributed by atoms with E-state index in [0.29, 0.717) is 12.8 Å². The zero-order valence-corrected chi connectivity index (χ0v) is 12.6. The number of hydrogen-bond donors (Lipinski definition) is 1. The van der Waals surface area contributed by atoms with Crippen molar-refractivity contribution in [1.82, 2.24) is 0 Å². The summed E-state index contributed by atoms with van der Waals surface area (Å²) in [5, 5.41) is 9.97. The minimum Gasteiger partial charge on any atom is -0.385 e. The molecule has 0 heterocycles. The van der Waals surface area contributed by atoms with Crippen LogP contribution in [0.1, 0.15) is 25.3 Å². The molecule has 110 valence electrons. The van der Waals surface area contributed by atoms with Gasteiger partial charge in [0.25, 0.3) is 10.1 Å². The Morgan fingerprint density at radius 1 is 1.40 bits per heavy atom. The van der Waals surface area contributed by atoms with Gasteiger partial charge in [0, 0.05) is 0 Å². The van der Waals surface area contributed by atoms with E-state index in [9.17, 15) is 13.5 Å². The van der Waals surface area contributed by atoms with E-state index in [1.807, 2.05) is 19.9 Å². The van der Waals surface area contributed by atoms with E-state index >= 15 is 0 Å². The van der Waals surface area contributed by atoms with Gasteiger partial charge in [0.1, 0.15) is 0 Å². The lowest BCUT2D eigenvalue weighted by Gasteiger charge is -2.07. The summed E-state index contributed by atoms with van der Waals surface area (Å²) in [6.07, 6.45) is 4.77. The van der Waals surface area contributed by atoms with Crippen molar-refractivity contribution in [2.75, 3.05) is 6.61 Å². The van der Waals surface area contributed by atoms with Gasteiger partial charge < -0.3 is 5.11 Å². The maximum Gasteiger partial charge on any atom is 0.296 e. The Hall–Kier alpha value is -1.17. The van der Waals surface area contributed by atoms with E-state index in [0.717, 1.165) is 5.56 Å². The highest BCUT2D eigenvalue weighted by Gasteiger charge is 2.50. The van der Waals surface area contributed by atoms with Crippen LogP contribution in [0.25, 0.3) is 0 Å². The van der Waals surface area contributed by atoms with Gasteiger partial charge in [0.15, 0.2) is 0 Å². The number of benzene rings is 1. The highest BCUT2D eigenvalue weighted by molar-refractivity contribution is 7.86. The first kappa shape index (κ1) is 15.2. The molecule has 0 aromatic heterocycles. The second-order valence-electron chi connectivity index (χ2n) is 5.27. The highest BCUT2D eigenvalue weighted by Crippen LogP contribution is 2.46. The van der Waals surface area contributed by atoms with Gasteiger partial charge in [0.05, 0.1) is 17.1 Å². The van der Waals surface area contributed by atoms with Gasteiger partial charge in [-0.3, -0.25) is 4.18 Å². The van der Waals surface area contributed by atoms with Gasteiger partial charge in [-0.2, -0.15) is 8.42 Å². The fourth-order valence-corrected chi connectivity index (χ4v) is 3.17. The summed E-state index contributed by atoms with van der Waals surface area (Å²) in [5.41, 5.74) is 0.240. The molecule has 0 bridgehead atoms. The number of rotatable bonds is 6. The average molecular weight is 296 g/mol. The summed E-state index contributed by atoms with van der Waals surface area (Å²) in [4.78, 5) is 0.169. The average Bonchev–Trinajstić information content (AvgIpc) is 3.00.